The van der Waals surface area contributed by atoms with Gasteiger partial charge in [-0.05, 0) is 68.6 Å². The highest BCUT2D eigenvalue weighted by molar-refractivity contribution is 5.98. The van der Waals surface area contributed by atoms with Gasteiger partial charge in [-0.15, -0.1) is 0 Å². The number of aromatic nitrogens is 1. The third-order valence-corrected chi connectivity index (χ3v) is 4.54. The molecular weight excluding hydrogens is 286 g/mol. The Labute approximate surface area is 137 Å². The fraction of sp³-hybridized carbons (Fsp3) is 0.368. The highest BCUT2D eigenvalue weighted by Gasteiger charge is 2.19. The lowest BCUT2D eigenvalue weighted by Crippen LogP contribution is -2.42. The molecule has 0 aliphatic carbocycles. The number of hydrogen-bond acceptors (Lipinski definition) is 3. The van der Waals surface area contributed by atoms with Gasteiger partial charge in [0.05, 0.1) is 0 Å². The van der Waals surface area contributed by atoms with Gasteiger partial charge in [0.1, 0.15) is 0 Å². The number of carbonyl (C=O) groups is 1. The van der Waals surface area contributed by atoms with Gasteiger partial charge in [0.2, 0.25) is 0 Å². The summed E-state index contributed by atoms with van der Waals surface area (Å²) in [6.45, 7) is 6.04. The van der Waals surface area contributed by atoms with E-state index in [1.165, 1.54) is 0 Å². The molecule has 0 spiro atoms. The SMILES string of the molecule is Cc1ccc(C(=O)NC2CCNCC2)c(C)c1-c1cccnc1. The summed E-state index contributed by atoms with van der Waals surface area (Å²) >= 11 is 0. The zero-order chi connectivity index (χ0) is 16.2. The average Bonchev–Trinajstić information content (AvgIpc) is 2.57. The van der Waals surface area contributed by atoms with Crippen molar-refractivity contribution in [2.75, 3.05) is 13.1 Å². The molecule has 0 unspecified atom stereocenters. The number of nitrogens with zero attached hydrogens (tertiary/aromatic N) is 1. The summed E-state index contributed by atoms with van der Waals surface area (Å²) in [7, 11) is 0. The number of rotatable bonds is 3. The molecule has 1 aliphatic rings. The minimum atomic E-state index is 0.0274. The average molecular weight is 309 g/mol. The Balaban J connectivity index is 1.89. The van der Waals surface area contributed by atoms with Crippen LogP contribution in [0.3, 0.4) is 0 Å². The van der Waals surface area contributed by atoms with Crippen LogP contribution in [0.2, 0.25) is 0 Å². The molecule has 1 aromatic heterocycles. The minimum Gasteiger partial charge on any atom is -0.349 e. The van der Waals surface area contributed by atoms with Gasteiger partial charge >= 0.3 is 0 Å². The molecular formula is C19H23N3O. The van der Waals surface area contributed by atoms with E-state index in [4.69, 9.17) is 0 Å². The van der Waals surface area contributed by atoms with Crippen molar-refractivity contribution < 1.29 is 4.79 Å². The fourth-order valence-corrected chi connectivity index (χ4v) is 3.28. The van der Waals surface area contributed by atoms with Crippen LogP contribution in [-0.2, 0) is 0 Å². The zero-order valence-corrected chi connectivity index (χ0v) is 13.7. The number of piperidine rings is 1. The van der Waals surface area contributed by atoms with Crippen molar-refractivity contribution in [3.63, 3.8) is 0 Å². The summed E-state index contributed by atoms with van der Waals surface area (Å²) < 4.78 is 0. The molecule has 0 saturated carbocycles. The van der Waals surface area contributed by atoms with E-state index in [-0.39, 0.29) is 11.9 Å². The molecule has 23 heavy (non-hydrogen) atoms. The predicted molar refractivity (Wildman–Crippen MR) is 92.5 cm³/mol. The fourth-order valence-electron chi connectivity index (χ4n) is 3.28. The van der Waals surface area contributed by atoms with Crippen molar-refractivity contribution in [3.05, 3.63) is 53.3 Å². The lowest BCUT2D eigenvalue weighted by atomic mass is 9.92. The first kappa shape index (κ1) is 15.7. The van der Waals surface area contributed by atoms with Gasteiger partial charge in [0.15, 0.2) is 0 Å². The summed E-state index contributed by atoms with van der Waals surface area (Å²) in [6, 6.07) is 8.19. The Morgan fingerprint density at radius 1 is 1.22 bits per heavy atom. The summed E-state index contributed by atoms with van der Waals surface area (Å²) in [4.78, 5) is 16.9. The van der Waals surface area contributed by atoms with Gasteiger partial charge in [0, 0.05) is 29.6 Å². The molecule has 2 aromatic rings. The van der Waals surface area contributed by atoms with E-state index in [0.29, 0.717) is 0 Å². The second-order valence-electron chi connectivity index (χ2n) is 6.17. The first-order valence-electron chi connectivity index (χ1n) is 8.19. The lowest BCUT2D eigenvalue weighted by Gasteiger charge is -2.24. The molecule has 4 nitrogen and oxygen atoms in total. The van der Waals surface area contributed by atoms with Crippen molar-refractivity contribution in [2.45, 2.75) is 32.7 Å². The van der Waals surface area contributed by atoms with E-state index in [2.05, 4.69) is 22.5 Å². The molecule has 1 aliphatic heterocycles. The summed E-state index contributed by atoms with van der Waals surface area (Å²) in [5.41, 5.74) is 5.10. The van der Waals surface area contributed by atoms with Crippen LogP contribution in [-0.4, -0.2) is 30.0 Å². The van der Waals surface area contributed by atoms with E-state index < -0.39 is 0 Å². The summed E-state index contributed by atoms with van der Waals surface area (Å²) in [5.74, 6) is 0.0274. The van der Waals surface area contributed by atoms with Crippen LogP contribution in [0.5, 0.6) is 0 Å². The maximum Gasteiger partial charge on any atom is 0.251 e. The van der Waals surface area contributed by atoms with E-state index in [1.54, 1.807) is 6.20 Å². The van der Waals surface area contributed by atoms with Crippen LogP contribution in [0, 0.1) is 13.8 Å². The van der Waals surface area contributed by atoms with Gasteiger partial charge in [-0.1, -0.05) is 12.1 Å². The van der Waals surface area contributed by atoms with Gasteiger partial charge in [-0.25, -0.2) is 0 Å². The lowest BCUT2D eigenvalue weighted by molar-refractivity contribution is 0.0929. The quantitative estimate of drug-likeness (QED) is 0.916. The number of amides is 1. The molecule has 3 rings (SSSR count). The monoisotopic (exact) mass is 309 g/mol. The zero-order valence-electron chi connectivity index (χ0n) is 13.7. The Kier molecular flexibility index (Phi) is 4.72. The molecule has 1 amide bonds. The van der Waals surface area contributed by atoms with Crippen LogP contribution in [0.4, 0.5) is 0 Å². The topological polar surface area (TPSA) is 54.0 Å². The Morgan fingerprint density at radius 3 is 2.70 bits per heavy atom. The van der Waals surface area contributed by atoms with Crippen LogP contribution in [0.1, 0.15) is 34.3 Å². The molecule has 2 heterocycles. The van der Waals surface area contributed by atoms with Crippen molar-refractivity contribution >= 4 is 5.91 Å². The summed E-state index contributed by atoms with van der Waals surface area (Å²) in [5, 5.41) is 6.50. The molecule has 1 saturated heterocycles. The van der Waals surface area contributed by atoms with Crippen LogP contribution >= 0.6 is 0 Å². The normalized spacial score (nSPS) is 15.4. The molecule has 0 atom stereocenters. The Hall–Kier alpha value is -2.20. The number of hydrogen-bond donors (Lipinski definition) is 2. The molecule has 0 bridgehead atoms. The first-order valence-corrected chi connectivity index (χ1v) is 8.19. The Bertz CT molecular complexity index is 691. The molecule has 1 aromatic carbocycles. The molecule has 120 valence electrons. The van der Waals surface area contributed by atoms with E-state index in [0.717, 1.165) is 53.7 Å². The summed E-state index contributed by atoms with van der Waals surface area (Å²) in [6.07, 6.45) is 5.60. The molecule has 1 fully saturated rings. The number of nitrogens with one attached hydrogen (secondary N) is 2. The van der Waals surface area contributed by atoms with Crippen LogP contribution < -0.4 is 10.6 Å². The third-order valence-electron chi connectivity index (χ3n) is 4.54. The first-order chi connectivity index (χ1) is 11.2. The van der Waals surface area contributed by atoms with Gasteiger partial charge in [-0.2, -0.15) is 0 Å². The van der Waals surface area contributed by atoms with Crippen LogP contribution in [0.25, 0.3) is 11.1 Å². The smallest absolute Gasteiger partial charge is 0.251 e. The largest absolute Gasteiger partial charge is 0.349 e. The standard InChI is InChI=1S/C19H23N3O/c1-13-5-6-17(19(23)22-16-7-10-20-11-8-16)14(2)18(13)15-4-3-9-21-12-15/h3-6,9,12,16,20H,7-8,10-11H2,1-2H3,(H,22,23). The number of aryl methyl sites for hydroxylation is 1. The molecule has 0 radical (unpaired) electrons. The molecule has 2 N–H and O–H groups in total. The second kappa shape index (κ2) is 6.92. The van der Waals surface area contributed by atoms with Crippen molar-refractivity contribution in [1.29, 1.82) is 0 Å². The molecule has 4 heteroatoms. The van der Waals surface area contributed by atoms with Crippen molar-refractivity contribution in [2.24, 2.45) is 0 Å². The van der Waals surface area contributed by atoms with Crippen LogP contribution in [0.15, 0.2) is 36.7 Å². The maximum absolute atomic E-state index is 12.7. The number of carbonyl (C=O) groups excluding carboxylic acids is 1. The number of pyridine rings is 1. The van der Waals surface area contributed by atoms with Gasteiger partial charge in [0.25, 0.3) is 5.91 Å². The second-order valence-corrected chi connectivity index (χ2v) is 6.17. The third kappa shape index (κ3) is 3.42. The van der Waals surface area contributed by atoms with Gasteiger partial charge in [-0.3, -0.25) is 9.78 Å². The predicted octanol–water partition coefficient (Wildman–Crippen LogP) is 2.85. The van der Waals surface area contributed by atoms with Crippen molar-refractivity contribution in [1.82, 2.24) is 15.6 Å². The number of benzene rings is 1. The van der Waals surface area contributed by atoms with E-state index in [9.17, 15) is 4.79 Å². The highest BCUT2D eigenvalue weighted by atomic mass is 16.1. The highest BCUT2D eigenvalue weighted by Crippen LogP contribution is 2.29. The van der Waals surface area contributed by atoms with E-state index >= 15 is 0 Å². The maximum atomic E-state index is 12.7. The van der Waals surface area contributed by atoms with E-state index in [1.807, 2.05) is 37.4 Å². The van der Waals surface area contributed by atoms with Crippen molar-refractivity contribution in [3.8, 4) is 11.1 Å². The van der Waals surface area contributed by atoms with Gasteiger partial charge < -0.3 is 10.6 Å². The Morgan fingerprint density at radius 2 is 2.00 bits per heavy atom. The minimum absolute atomic E-state index is 0.0274.